The third-order valence-electron chi connectivity index (χ3n) is 4.74. The lowest BCUT2D eigenvalue weighted by Gasteiger charge is -2.25. The molecule has 2 aromatic rings. The van der Waals surface area contributed by atoms with Gasteiger partial charge in [-0.2, -0.15) is 5.10 Å². The first-order valence-corrected chi connectivity index (χ1v) is 8.33. The summed E-state index contributed by atoms with van der Waals surface area (Å²) in [5, 5.41) is 8.47. The zero-order valence-corrected chi connectivity index (χ0v) is 14.9. The van der Waals surface area contributed by atoms with Crippen molar-refractivity contribution in [1.29, 1.82) is 0 Å². The minimum Gasteiger partial charge on any atom is -0.481 e. The van der Waals surface area contributed by atoms with E-state index in [0.29, 0.717) is 17.7 Å². The minimum absolute atomic E-state index is 0.0154. The predicted molar refractivity (Wildman–Crippen MR) is 88.1 cm³/mol. The molecule has 0 radical (unpaired) electrons. The Kier molecular flexibility index (Phi) is 4.34. The number of nitrogens with zero attached hydrogens (tertiary/aromatic N) is 4. The van der Waals surface area contributed by atoms with Crippen LogP contribution in [0.3, 0.4) is 0 Å². The van der Waals surface area contributed by atoms with Crippen molar-refractivity contribution in [3.05, 3.63) is 28.3 Å². The summed E-state index contributed by atoms with van der Waals surface area (Å²) < 4.78 is 12.5. The first-order chi connectivity index (χ1) is 11.5. The SMILES string of the molecule is CCc1noc(C)c1C(=O)N1CCC[C@@H]1c1c(C)nn(C)c1OC. The molecule has 0 aromatic carbocycles. The number of ether oxygens (including phenoxy) is 1. The average Bonchev–Trinajstić information content (AvgIpc) is 3.23. The molecular weight excluding hydrogens is 308 g/mol. The number of hydrogen-bond donors (Lipinski definition) is 0. The van der Waals surface area contributed by atoms with Gasteiger partial charge in [0, 0.05) is 13.6 Å². The predicted octanol–water partition coefficient (Wildman–Crippen LogP) is 2.57. The van der Waals surface area contributed by atoms with Crippen molar-refractivity contribution in [1.82, 2.24) is 19.8 Å². The summed E-state index contributed by atoms with van der Waals surface area (Å²) >= 11 is 0. The highest BCUT2D eigenvalue weighted by molar-refractivity contribution is 5.96. The second-order valence-electron chi connectivity index (χ2n) is 6.20. The number of likely N-dealkylation sites (tertiary alicyclic amines) is 1. The Morgan fingerprint density at radius 1 is 1.42 bits per heavy atom. The van der Waals surface area contributed by atoms with Crippen LogP contribution in [-0.2, 0) is 13.5 Å². The van der Waals surface area contributed by atoms with Crippen molar-refractivity contribution < 1.29 is 14.1 Å². The zero-order chi connectivity index (χ0) is 17.4. The fourth-order valence-corrected chi connectivity index (χ4v) is 3.67. The van der Waals surface area contributed by atoms with Crippen LogP contribution >= 0.6 is 0 Å². The summed E-state index contributed by atoms with van der Waals surface area (Å²) in [6, 6.07) is -0.0276. The number of aromatic nitrogens is 3. The van der Waals surface area contributed by atoms with Crippen molar-refractivity contribution in [3.63, 3.8) is 0 Å². The Bertz CT molecular complexity index is 762. The van der Waals surface area contributed by atoms with Crippen LogP contribution in [0.15, 0.2) is 4.52 Å². The van der Waals surface area contributed by atoms with E-state index < -0.39 is 0 Å². The van der Waals surface area contributed by atoms with Crippen LogP contribution in [0.2, 0.25) is 0 Å². The molecule has 3 rings (SSSR count). The Labute approximate surface area is 141 Å². The van der Waals surface area contributed by atoms with Gasteiger partial charge in [-0.3, -0.25) is 4.79 Å². The molecule has 1 atom stereocenters. The van der Waals surface area contributed by atoms with Gasteiger partial charge in [-0.25, -0.2) is 4.68 Å². The highest BCUT2D eigenvalue weighted by Gasteiger charge is 2.37. The van der Waals surface area contributed by atoms with Crippen LogP contribution in [0.1, 0.15) is 58.9 Å². The topological polar surface area (TPSA) is 73.4 Å². The summed E-state index contributed by atoms with van der Waals surface area (Å²) in [6.45, 7) is 6.44. The summed E-state index contributed by atoms with van der Waals surface area (Å²) in [5.41, 5.74) is 3.22. The van der Waals surface area contributed by atoms with Gasteiger partial charge in [0.1, 0.15) is 11.3 Å². The van der Waals surface area contributed by atoms with Crippen LogP contribution < -0.4 is 4.74 Å². The van der Waals surface area contributed by atoms with Crippen LogP contribution in [-0.4, -0.2) is 39.4 Å². The zero-order valence-electron chi connectivity index (χ0n) is 14.9. The van der Waals surface area contributed by atoms with Gasteiger partial charge in [0.05, 0.1) is 30.1 Å². The number of methoxy groups -OCH3 is 1. The molecule has 0 bridgehead atoms. The van der Waals surface area contributed by atoms with Gasteiger partial charge in [0.15, 0.2) is 0 Å². The number of carbonyl (C=O) groups is 1. The number of aryl methyl sites for hydroxylation is 4. The van der Waals surface area contributed by atoms with Crippen LogP contribution in [0.25, 0.3) is 0 Å². The molecule has 24 heavy (non-hydrogen) atoms. The van der Waals surface area contributed by atoms with Gasteiger partial charge in [0.25, 0.3) is 5.91 Å². The van der Waals surface area contributed by atoms with Gasteiger partial charge < -0.3 is 14.2 Å². The maximum absolute atomic E-state index is 13.2. The average molecular weight is 332 g/mol. The molecule has 7 nitrogen and oxygen atoms in total. The first-order valence-electron chi connectivity index (χ1n) is 8.33. The van der Waals surface area contributed by atoms with Crippen molar-refractivity contribution in [2.24, 2.45) is 7.05 Å². The lowest BCUT2D eigenvalue weighted by molar-refractivity contribution is 0.0731. The molecule has 0 saturated carbocycles. The van der Waals surface area contributed by atoms with E-state index in [1.54, 1.807) is 18.7 Å². The van der Waals surface area contributed by atoms with Crippen molar-refractivity contribution >= 4 is 5.91 Å². The minimum atomic E-state index is -0.0276. The summed E-state index contributed by atoms with van der Waals surface area (Å²) in [7, 11) is 3.50. The standard InChI is InChI=1S/C17H24N4O3/c1-6-12-15(11(3)24-19-12)16(22)21-9-7-8-13(21)14-10(2)18-20(4)17(14)23-5/h13H,6-9H2,1-5H3/t13-/m1/s1. The van der Waals surface area contributed by atoms with Crippen LogP contribution in [0.4, 0.5) is 0 Å². The highest BCUT2D eigenvalue weighted by atomic mass is 16.5. The molecule has 0 spiro atoms. The Balaban J connectivity index is 2.00. The van der Waals surface area contributed by atoms with Crippen LogP contribution in [0.5, 0.6) is 5.88 Å². The molecule has 1 aliphatic rings. The molecule has 1 amide bonds. The van der Waals surface area contributed by atoms with Gasteiger partial charge >= 0.3 is 0 Å². The fourth-order valence-electron chi connectivity index (χ4n) is 3.67. The molecule has 130 valence electrons. The third-order valence-corrected chi connectivity index (χ3v) is 4.74. The molecule has 1 saturated heterocycles. The van der Waals surface area contributed by atoms with E-state index >= 15 is 0 Å². The summed E-state index contributed by atoms with van der Waals surface area (Å²) in [4.78, 5) is 15.1. The summed E-state index contributed by atoms with van der Waals surface area (Å²) in [6.07, 6.45) is 2.53. The van der Waals surface area contributed by atoms with E-state index in [1.807, 2.05) is 25.8 Å². The largest absolute Gasteiger partial charge is 0.481 e. The van der Waals surface area contributed by atoms with Crippen molar-refractivity contribution in [2.75, 3.05) is 13.7 Å². The highest BCUT2D eigenvalue weighted by Crippen LogP contribution is 2.39. The quantitative estimate of drug-likeness (QED) is 0.860. The molecular formula is C17H24N4O3. The van der Waals surface area contributed by atoms with Gasteiger partial charge in [-0.1, -0.05) is 12.1 Å². The second-order valence-corrected chi connectivity index (χ2v) is 6.20. The van der Waals surface area contributed by atoms with Gasteiger partial charge in [0.2, 0.25) is 5.88 Å². The Morgan fingerprint density at radius 3 is 2.83 bits per heavy atom. The lowest BCUT2D eigenvalue weighted by atomic mass is 10.0. The van der Waals surface area contributed by atoms with E-state index in [4.69, 9.17) is 9.26 Å². The van der Waals surface area contributed by atoms with E-state index in [-0.39, 0.29) is 11.9 Å². The van der Waals surface area contributed by atoms with E-state index in [2.05, 4.69) is 10.3 Å². The second kappa shape index (κ2) is 6.30. The molecule has 1 aliphatic heterocycles. The normalized spacial score (nSPS) is 17.5. The molecule has 2 aromatic heterocycles. The van der Waals surface area contributed by atoms with E-state index in [1.165, 1.54) is 0 Å². The molecule has 1 fully saturated rings. The molecule has 7 heteroatoms. The fraction of sp³-hybridized carbons (Fsp3) is 0.588. The van der Waals surface area contributed by atoms with Crippen molar-refractivity contribution in [2.45, 2.75) is 46.1 Å². The Hall–Kier alpha value is -2.31. The first kappa shape index (κ1) is 16.5. The third kappa shape index (κ3) is 2.48. The number of rotatable bonds is 4. The number of carbonyl (C=O) groups excluding carboxylic acids is 1. The van der Waals surface area contributed by atoms with Crippen molar-refractivity contribution in [3.8, 4) is 5.88 Å². The van der Waals surface area contributed by atoms with Gasteiger partial charge in [-0.05, 0) is 33.1 Å². The van der Waals surface area contributed by atoms with Gasteiger partial charge in [-0.15, -0.1) is 0 Å². The lowest BCUT2D eigenvalue weighted by Crippen LogP contribution is -2.31. The van der Waals surface area contributed by atoms with E-state index in [0.717, 1.165) is 42.2 Å². The molecule has 3 heterocycles. The molecule has 0 N–H and O–H groups in total. The maximum atomic E-state index is 13.2. The molecule has 0 aliphatic carbocycles. The molecule has 0 unspecified atom stereocenters. The smallest absolute Gasteiger partial charge is 0.259 e. The Morgan fingerprint density at radius 2 is 2.17 bits per heavy atom. The van der Waals surface area contributed by atoms with E-state index in [9.17, 15) is 4.79 Å². The maximum Gasteiger partial charge on any atom is 0.259 e. The monoisotopic (exact) mass is 332 g/mol. The number of amides is 1. The number of hydrogen-bond acceptors (Lipinski definition) is 5. The summed E-state index contributed by atoms with van der Waals surface area (Å²) in [5.74, 6) is 1.28. The van der Waals surface area contributed by atoms with Crippen LogP contribution in [0, 0.1) is 13.8 Å².